The molecule has 3 nitrogen and oxygen atoms in total. The molecule has 1 N–H and O–H groups in total. The van der Waals surface area contributed by atoms with E-state index in [0.717, 1.165) is 39.2 Å². The minimum absolute atomic E-state index is 0.449. The third-order valence-electron chi connectivity index (χ3n) is 3.64. The molecule has 1 saturated heterocycles. The fourth-order valence-corrected chi connectivity index (χ4v) is 2.11. The average Bonchev–Trinajstić information content (AvgIpc) is 3.06. The first-order chi connectivity index (χ1) is 7.70. The summed E-state index contributed by atoms with van der Waals surface area (Å²) in [5, 5.41) is 3.53. The minimum Gasteiger partial charge on any atom is -0.381 e. The molecule has 2 aliphatic rings. The van der Waals surface area contributed by atoms with Crippen molar-refractivity contribution in [3.05, 3.63) is 0 Å². The maximum Gasteiger partial charge on any atom is 0.0619 e. The molecule has 0 bridgehead atoms. The summed E-state index contributed by atoms with van der Waals surface area (Å²) in [6.45, 7) is 8.22. The molecule has 16 heavy (non-hydrogen) atoms. The highest BCUT2D eigenvalue weighted by Gasteiger charge is 2.43. The van der Waals surface area contributed by atoms with Crippen LogP contribution in [0.3, 0.4) is 0 Å². The van der Waals surface area contributed by atoms with Crippen molar-refractivity contribution in [3.8, 4) is 0 Å². The van der Waals surface area contributed by atoms with E-state index < -0.39 is 0 Å². The topological polar surface area (TPSA) is 30.5 Å². The molecule has 1 aliphatic heterocycles. The second-order valence-corrected chi connectivity index (χ2v) is 5.66. The molecule has 0 aromatic heterocycles. The van der Waals surface area contributed by atoms with Crippen molar-refractivity contribution in [3.63, 3.8) is 0 Å². The van der Waals surface area contributed by atoms with Gasteiger partial charge in [0, 0.05) is 31.2 Å². The zero-order chi connectivity index (χ0) is 11.4. The molecule has 0 spiro atoms. The minimum atomic E-state index is 0.449. The van der Waals surface area contributed by atoms with Crippen LogP contribution in [0.1, 0.15) is 39.5 Å². The van der Waals surface area contributed by atoms with Crippen molar-refractivity contribution in [1.29, 1.82) is 0 Å². The van der Waals surface area contributed by atoms with Crippen molar-refractivity contribution in [2.45, 2.75) is 51.7 Å². The standard InChI is InChI=1S/C13H25NO2/c1-11(2)14-9-13(5-6-13)10-16-12-3-7-15-8-4-12/h11-12,14H,3-10H2,1-2H3. The molecular formula is C13H25NO2. The van der Waals surface area contributed by atoms with Crippen molar-refractivity contribution in [1.82, 2.24) is 5.32 Å². The summed E-state index contributed by atoms with van der Waals surface area (Å²) in [7, 11) is 0. The first-order valence-corrected chi connectivity index (χ1v) is 6.63. The van der Waals surface area contributed by atoms with Gasteiger partial charge in [0.2, 0.25) is 0 Å². The van der Waals surface area contributed by atoms with Crippen LogP contribution in [0.4, 0.5) is 0 Å². The van der Waals surface area contributed by atoms with Gasteiger partial charge in [-0.25, -0.2) is 0 Å². The van der Waals surface area contributed by atoms with Gasteiger partial charge in [-0.05, 0) is 25.7 Å². The molecule has 1 aliphatic carbocycles. The Labute approximate surface area is 98.9 Å². The second-order valence-electron chi connectivity index (χ2n) is 5.66. The van der Waals surface area contributed by atoms with Gasteiger partial charge in [0.25, 0.3) is 0 Å². The SMILES string of the molecule is CC(C)NCC1(COC2CCOCC2)CC1. The number of hydrogen-bond acceptors (Lipinski definition) is 3. The van der Waals surface area contributed by atoms with Crippen LogP contribution < -0.4 is 5.32 Å². The van der Waals surface area contributed by atoms with Crippen molar-refractivity contribution in [2.75, 3.05) is 26.4 Å². The van der Waals surface area contributed by atoms with E-state index in [-0.39, 0.29) is 0 Å². The number of hydrogen-bond donors (Lipinski definition) is 1. The third kappa shape index (κ3) is 3.72. The van der Waals surface area contributed by atoms with E-state index in [1.54, 1.807) is 0 Å². The van der Waals surface area contributed by atoms with E-state index in [2.05, 4.69) is 19.2 Å². The smallest absolute Gasteiger partial charge is 0.0619 e. The van der Waals surface area contributed by atoms with Gasteiger partial charge in [0.05, 0.1) is 12.7 Å². The highest BCUT2D eigenvalue weighted by Crippen LogP contribution is 2.45. The first-order valence-electron chi connectivity index (χ1n) is 6.63. The Hall–Kier alpha value is -0.120. The lowest BCUT2D eigenvalue weighted by atomic mass is 10.1. The van der Waals surface area contributed by atoms with Crippen LogP contribution in [0.2, 0.25) is 0 Å². The normalized spacial score (nSPS) is 24.9. The molecule has 0 radical (unpaired) electrons. The second kappa shape index (κ2) is 5.48. The molecule has 0 aromatic rings. The Bertz CT molecular complexity index is 208. The Morgan fingerprint density at radius 3 is 2.56 bits per heavy atom. The van der Waals surface area contributed by atoms with Crippen LogP contribution in [0.5, 0.6) is 0 Å². The van der Waals surface area contributed by atoms with Crippen molar-refractivity contribution >= 4 is 0 Å². The van der Waals surface area contributed by atoms with Crippen LogP contribution in [-0.2, 0) is 9.47 Å². The van der Waals surface area contributed by atoms with Gasteiger partial charge in [-0.1, -0.05) is 13.8 Å². The quantitative estimate of drug-likeness (QED) is 0.752. The molecule has 2 fully saturated rings. The van der Waals surface area contributed by atoms with Crippen LogP contribution in [0.25, 0.3) is 0 Å². The maximum atomic E-state index is 6.02. The van der Waals surface area contributed by atoms with E-state index >= 15 is 0 Å². The third-order valence-corrected chi connectivity index (χ3v) is 3.64. The summed E-state index contributed by atoms with van der Waals surface area (Å²) in [6, 6.07) is 0.584. The lowest BCUT2D eigenvalue weighted by Crippen LogP contribution is -2.34. The van der Waals surface area contributed by atoms with E-state index in [1.165, 1.54) is 12.8 Å². The maximum absolute atomic E-state index is 6.02. The molecule has 0 unspecified atom stereocenters. The molecule has 2 rings (SSSR count). The van der Waals surface area contributed by atoms with Gasteiger partial charge < -0.3 is 14.8 Å². The predicted molar refractivity (Wildman–Crippen MR) is 64.6 cm³/mol. The van der Waals surface area contributed by atoms with E-state index in [0.29, 0.717) is 17.6 Å². The number of rotatable bonds is 6. The van der Waals surface area contributed by atoms with Crippen LogP contribution >= 0.6 is 0 Å². The van der Waals surface area contributed by atoms with Gasteiger partial charge in [-0.15, -0.1) is 0 Å². The highest BCUT2D eigenvalue weighted by atomic mass is 16.5. The summed E-state index contributed by atoms with van der Waals surface area (Å²) in [6.07, 6.45) is 5.26. The zero-order valence-electron chi connectivity index (χ0n) is 10.6. The van der Waals surface area contributed by atoms with Gasteiger partial charge in [0.1, 0.15) is 0 Å². The Balaban J connectivity index is 1.64. The molecular weight excluding hydrogens is 202 g/mol. The summed E-state index contributed by atoms with van der Waals surface area (Å²) in [5.74, 6) is 0. The summed E-state index contributed by atoms with van der Waals surface area (Å²) < 4.78 is 11.4. The largest absolute Gasteiger partial charge is 0.381 e. The Morgan fingerprint density at radius 2 is 2.00 bits per heavy atom. The van der Waals surface area contributed by atoms with Crippen LogP contribution in [0, 0.1) is 5.41 Å². The van der Waals surface area contributed by atoms with Crippen LogP contribution in [0.15, 0.2) is 0 Å². The molecule has 3 heteroatoms. The molecule has 0 aromatic carbocycles. The number of nitrogens with one attached hydrogen (secondary N) is 1. The Kier molecular flexibility index (Phi) is 4.22. The van der Waals surface area contributed by atoms with Crippen molar-refractivity contribution in [2.24, 2.45) is 5.41 Å². The van der Waals surface area contributed by atoms with Crippen LogP contribution in [-0.4, -0.2) is 38.5 Å². The van der Waals surface area contributed by atoms with E-state index in [4.69, 9.17) is 9.47 Å². The fourth-order valence-electron chi connectivity index (χ4n) is 2.11. The monoisotopic (exact) mass is 227 g/mol. The highest BCUT2D eigenvalue weighted by molar-refractivity contribution is 4.95. The van der Waals surface area contributed by atoms with E-state index in [1.807, 2.05) is 0 Å². The van der Waals surface area contributed by atoms with Gasteiger partial charge in [0.15, 0.2) is 0 Å². The summed E-state index contributed by atoms with van der Waals surface area (Å²) in [5.41, 5.74) is 0.461. The van der Waals surface area contributed by atoms with E-state index in [9.17, 15) is 0 Å². The van der Waals surface area contributed by atoms with Gasteiger partial charge in [-0.2, -0.15) is 0 Å². The fraction of sp³-hybridized carbons (Fsp3) is 1.00. The summed E-state index contributed by atoms with van der Waals surface area (Å²) >= 11 is 0. The lowest BCUT2D eigenvalue weighted by Gasteiger charge is -2.25. The van der Waals surface area contributed by atoms with Crippen molar-refractivity contribution < 1.29 is 9.47 Å². The number of ether oxygens (including phenoxy) is 2. The Morgan fingerprint density at radius 1 is 1.31 bits per heavy atom. The average molecular weight is 227 g/mol. The zero-order valence-corrected chi connectivity index (χ0v) is 10.6. The molecule has 0 amide bonds. The molecule has 1 saturated carbocycles. The first kappa shape index (κ1) is 12.3. The van der Waals surface area contributed by atoms with Gasteiger partial charge >= 0.3 is 0 Å². The molecule has 94 valence electrons. The predicted octanol–water partition coefficient (Wildman–Crippen LogP) is 1.96. The molecule has 0 atom stereocenters. The molecule has 1 heterocycles. The van der Waals surface area contributed by atoms with Gasteiger partial charge in [-0.3, -0.25) is 0 Å². The lowest BCUT2D eigenvalue weighted by molar-refractivity contribution is -0.0462. The summed E-state index contributed by atoms with van der Waals surface area (Å²) in [4.78, 5) is 0.